The number of rotatable bonds is 6. The van der Waals surface area contributed by atoms with Crippen molar-refractivity contribution in [1.82, 2.24) is 10.2 Å². The van der Waals surface area contributed by atoms with E-state index in [1.807, 2.05) is 0 Å². The van der Waals surface area contributed by atoms with E-state index in [0.29, 0.717) is 16.4 Å². The minimum absolute atomic E-state index is 0.0163. The van der Waals surface area contributed by atoms with Gasteiger partial charge in [-0.1, -0.05) is 11.3 Å². The Morgan fingerprint density at radius 3 is 2.21 bits per heavy atom. The molecule has 4 amide bonds. The zero-order valence-electron chi connectivity index (χ0n) is 17.9. The van der Waals surface area contributed by atoms with Crippen molar-refractivity contribution in [2.24, 2.45) is 0 Å². The topological polar surface area (TPSA) is 148 Å². The number of carbonyl (C=O) groups excluding carboxylic acids is 5. The average molecular weight is 479 g/mol. The van der Waals surface area contributed by atoms with E-state index in [9.17, 15) is 24.0 Å². The first-order valence-corrected chi connectivity index (χ1v) is 10.7. The van der Waals surface area contributed by atoms with Crippen molar-refractivity contribution in [3.8, 4) is 0 Å². The number of hydrogen-bond acceptors (Lipinski definition) is 9. The number of esters is 1. The predicted octanol–water partition coefficient (Wildman–Crippen LogP) is 2.40. The van der Waals surface area contributed by atoms with Crippen LogP contribution in [-0.4, -0.2) is 46.4 Å². The first-order valence-electron chi connectivity index (χ1n) is 9.90. The molecule has 2 heterocycles. The summed E-state index contributed by atoms with van der Waals surface area (Å²) < 4.78 is 5.04. The molecular weight excluding hydrogens is 462 g/mol. The maximum Gasteiger partial charge on any atom is 0.338 e. The highest BCUT2D eigenvalue weighted by atomic mass is 32.1. The lowest BCUT2D eigenvalue weighted by molar-refractivity contribution is -0.119. The number of amides is 4. The third-order valence-corrected chi connectivity index (χ3v) is 5.48. The molecule has 0 bridgehead atoms. The number of nitrogens with one attached hydrogen (secondary N) is 2. The van der Waals surface area contributed by atoms with Gasteiger partial charge in [0.25, 0.3) is 17.7 Å². The first kappa shape index (κ1) is 22.7. The van der Waals surface area contributed by atoms with Crippen LogP contribution < -0.4 is 15.5 Å². The van der Waals surface area contributed by atoms with Crippen molar-refractivity contribution < 1.29 is 28.7 Å². The Labute approximate surface area is 196 Å². The monoisotopic (exact) mass is 479 g/mol. The Hall–Kier alpha value is -4.45. The summed E-state index contributed by atoms with van der Waals surface area (Å²) >= 11 is 1.10. The molecule has 0 radical (unpaired) electrons. The quantitative estimate of drug-likeness (QED) is 0.405. The average Bonchev–Trinajstić information content (AvgIpc) is 3.33. The van der Waals surface area contributed by atoms with E-state index >= 15 is 0 Å². The van der Waals surface area contributed by atoms with Crippen LogP contribution in [0.25, 0.3) is 0 Å². The van der Waals surface area contributed by atoms with Crippen molar-refractivity contribution in [2.45, 2.75) is 13.8 Å². The fraction of sp³-hybridized carbons (Fsp3) is 0.136. The Bertz CT molecular complexity index is 1330. The van der Waals surface area contributed by atoms with Crippen molar-refractivity contribution in [3.63, 3.8) is 0 Å². The Balaban J connectivity index is 1.38. The maximum absolute atomic E-state index is 12.7. The molecule has 0 atom stereocenters. The van der Waals surface area contributed by atoms with Gasteiger partial charge in [0.1, 0.15) is 5.01 Å². The van der Waals surface area contributed by atoms with Gasteiger partial charge < -0.3 is 15.4 Å². The van der Waals surface area contributed by atoms with Gasteiger partial charge in [-0.25, -0.2) is 9.69 Å². The second-order valence-corrected chi connectivity index (χ2v) is 8.35. The molecule has 0 saturated carbocycles. The molecule has 2 N–H and O–H groups in total. The number of hydrogen-bond donors (Lipinski definition) is 2. The molecule has 0 aliphatic carbocycles. The summed E-state index contributed by atoms with van der Waals surface area (Å²) in [5.41, 5.74) is 1.21. The lowest BCUT2D eigenvalue weighted by Crippen LogP contribution is -2.29. The van der Waals surface area contributed by atoms with Gasteiger partial charge in [-0.15, -0.1) is 10.2 Å². The predicted molar refractivity (Wildman–Crippen MR) is 122 cm³/mol. The van der Waals surface area contributed by atoms with Gasteiger partial charge >= 0.3 is 5.97 Å². The van der Waals surface area contributed by atoms with Gasteiger partial charge in [0.05, 0.1) is 16.7 Å². The minimum atomic E-state index is -0.829. The lowest BCUT2D eigenvalue weighted by Gasteiger charge is -2.08. The second-order valence-electron chi connectivity index (χ2n) is 7.19. The van der Waals surface area contributed by atoms with Crippen LogP contribution in [0.15, 0.2) is 42.5 Å². The molecule has 11 nitrogen and oxygen atoms in total. The van der Waals surface area contributed by atoms with E-state index in [1.165, 1.54) is 25.1 Å². The number of aromatic nitrogens is 2. The van der Waals surface area contributed by atoms with Crippen LogP contribution in [-0.2, 0) is 14.3 Å². The minimum Gasteiger partial charge on any atom is -0.452 e. The van der Waals surface area contributed by atoms with Crippen LogP contribution in [0.5, 0.6) is 0 Å². The summed E-state index contributed by atoms with van der Waals surface area (Å²) in [6.07, 6.45) is 0. The second kappa shape index (κ2) is 9.19. The molecule has 0 unspecified atom stereocenters. The van der Waals surface area contributed by atoms with E-state index in [-0.39, 0.29) is 27.7 Å². The third-order valence-electron chi connectivity index (χ3n) is 4.65. The number of aryl methyl sites for hydroxylation is 1. The van der Waals surface area contributed by atoms with E-state index in [2.05, 4.69) is 20.8 Å². The van der Waals surface area contributed by atoms with Gasteiger partial charge in [0, 0.05) is 18.3 Å². The molecule has 1 aliphatic rings. The zero-order valence-corrected chi connectivity index (χ0v) is 18.8. The molecule has 1 aliphatic heterocycles. The van der Waals surface area contributed by atoms with Crippen molar-refractivity contribution >= 4 is 57.4 Å². The van der Waals surface area contributed by atoms with Crippen LogP contribution in [0.2, 0.25) is 0 Å². The highest BCUT2D eigenvalue weighted by Crippen LogP contribution is 2.31. The van der Waals surface area contributed by atoms with Crippen molar-refractivity contribution in [2.75, 3.05) is 22.1 Å². The summed E-state index contributed by atoms with van der Waals surface area (Å²) in [5, 5.41) is 13.6. The number of imide groups is 1. The lowest BCUT2D eigenvalue weighted by atomic mass is 10.1. The fourth-order valence-corrected chi connectivity index (χ4v) is 3.85. The highest BCUT2D eigenvalue weighted by Gasteiger charge is 2.39. The van der Waals surface area contributed by atoms with Crippen LogP contribution in [0, 0.1) is 6.92 Å². The van der Waals surface area contributed by atoms with E-state index < -0.39 is 30.3 Å². The van der Waals surface area contributed by atoms with E-state index in [1.54, 1.807) is 31.2 Å². The molecule has 0 spiro atoms. The van der Waals surface area contributed by atoms with E-state index in [4.69, 9.17) is 4.74 Å². The van der Waals surface area contributed by atoms with E-state index in [0.717, 1.165) is 16.2 Å². The van der Waals surface area contributed by atoms with Crippen molar-refractivity contribution in [1.29, 1.82) is 0 Å². The molecule has 1 aromatic heterocycles. The molecule has 2 aromatic carbocycles. The van der Waals surface area contributed by atoms with Crippen molar-refractivity contribution in [3.05, 3.63) is 64.2 Å². The largest absolute Gasteiger partial charge is 0.452 e. The van der Waals surface area contributed by atoms with Crippen LogP contribution in [0.1, 0.15) is 43.0 Å². The maximum atomic E-state index is 12.7. The first-order chi connectivity index (χ1) is 16.2. The summed E-state index contributed by atoms with van der Waals surface area (Å²) in [4.78, 5) is 61.9. The third kappa shape index (κ3) is 4.66. The highest BCUT2D eigenvalue weighted by molar-refractivity contribution is 7.15. The molecule has 4 rings (SSSR count). The number of fused-ring (bicyclic) bond motifs is 1. The zero-order chi connectivity index (χ0) is 24.4. The smallest absolute Gasteiger partial charge is 0.338 e. The molecule has 12 heteroatoms. The Morgan fingerprint density at radius 1 is 0.941 bits per heavy atom. The van der Waals surface area contributed by atoms with Crippen LogP contribution >= 0.6 is 11.3 Å². The van der Waals surface area contributed by atoms with Gasteiger partial charge in [-0.05, 0) is 49.4 Å². The summed E-state index contributed by atoms with van der Waals surface area (Å²) in [6.45, 7) is 2.52. The molecule has 0 fully saturated rings. The number of ether oxygens (including phenoxy) is 1. The number of anilines is 3. The van der Waals surface area contributed by atoms with Gasteiger partial charge in [0.2, 0.25) is 11.0 Å². The standard InChI is InChI=1S/C22H17N5O6S/c1-11(28)23-14-4-6-15(7-5-14)24-18(29)10-33-21(32)13-3-8-16-17(9-13)20(31)27(19(16)30)22-26-25-12(2)34-22/h3-9H,10H2,1-2H3,(H,23,28)(H,24,29). The molecular formula is C22H17N5O6S. The van der Waals surface area contributed by atoms with Gasteiger partial charge in [-0.3, -0.25) is 19.2 Å². The van der Waals surface area contributed by atoms with Gasteiger partial charge in [-0.2, -0.15) is 0 Å². The Kier molecular flexibility index (Phi) is 6.15. The summed E-state index contributed by atoms with van der Waals surface area (Å²) in [6, 6.07) is 10.3. The molecule has 172 valence electrons. The van der Waals surface area contributed by atoms with Gasteiger partial charge in [0.15, 0.2) is 6.61 Å². The summed E-state index contributed by atoms with van der Waals surface area (Å²) in [5.74, 6) is -2.80. The number of carbonyl (C=O) groups is 5. The molecule has 0 saturated heterocycles. The normalized spacial score (nSPS) is 12.4. The SMILES string of the molecule is CC(=O)Nc1ccc(NC(=O)COC(=O)c2ccc3c(c2)C(=O)N(c2nnc(C)s2)C3=O)cc1. The fourth-order valence-electron chi connectivity index (χ4n) is 3.17. The summed E-state index contributed by atoms with van der Waals surface area (Å²) in [7, 11) is 0. The molecule has 34 heavy (non-hydrogen) atoms. The number of nitrogens with zero attached hydrogens (tertiary/aromatic N) is 3. The Morgan fingerprint density at radius 2 is 1.59 bits per heavy atom. The number of benzene rings is 2. The molecule has 3 aromatic rings. The van der Waals surface area contributed by atoms with Crippen LogP contribution in [0.4, 0.5) is 16.5 Å². The van der Waals surface area contributed by atoms with Crippen LogP contribution in [0.3, 0.4) is 0 Å².